The second kappa shape index (κ2) is 4.27. The van der Waals surface area contributed by atoms with Crippen LogP contribution in [0.3, 0.4) is 0 Å². The topological polar surface area (TPSA) is 44.4 Å². The van der Waals surface area contributed by atoms with Crippen molar-refractivity contribution < 1.29 is 4.79 Å². The van der Waals surface area contributed by atoms with Gasteiger partial charge in [0.2, 0.25) is 0 Å². The van der Waals surface area contributed by atoms with Crippen molar-refractivity contribution in [1.29, 1.82) is 0 Å². The van der Waals surface area contributed by atoms with Crippen molar-refractivity contribution in [2.75, 3.05) is 18.4 Å². The summed E-state index contributed by atoms with van der Waals surface area (Å²) < 4.78 is 0. The monoisotopic (exact) mass is 221 g/mol. The first-order valence-corrected chi connectivity index (χ1v) is 5.09. The molecule has 1 saturated heterocycles. The van der Waals surface area contributed by atoms with Gasteiger partial charge in [-0.05, 0) is 24.4 Å². The van der Waals surface area contributed by atoms with Crippen LogP contribution in [0.2, 0.25) is 0 Å². The molecule has 0 radical (unpaired) electrons. The maximum Gasteiger partial charge on any atom is 0.323 e. The largest absolute Gasteiger partial charge is 0.336 e. The van der Waals surface area contributed by atoms with Gasteiger partial charge in [-0.15, -0.1) is 0 Å². The first-order chi connectivity index (χ1) is 7.27. The van der Waals surface area contributed by atoms with E-state index in [0.717, 1.165) is 5.69 Å². The molecule has 5 heteroatoms. The van der Waals surface area contributed by atoms with E-state index in [9.17, 15) is 4.79 Å². The lowest BCUT2D eigenvalue weighted by Crippen LogP contribution is -2.37. The highest BCUT2D eigenvalue weighted by atomic mass is 32.1. The van der Waals surface area contributed by atoms with Crippen LogP contribution in [0.5, 0.6) is 0 Å². The van der Waals surface area contributed by atoms with Gasteiger partial charge in [0, 0.05) is 18.8 Å². The smallest absolute Gasteiger partial charge is 0.323 e. The zero-order chi connectivity index (χ0) is 10.7. The van der Waals surface area contributed by atoms with Crippen molar-refractivity contribution in [3.8, 4) is 0 Å². The fourth-order valence-electron chi connectivity index (χ4n) is 1.38. The molecule has 1 aliphatic heterocycles. The fraction of sp³-hybridized carbons (Fsp3) is 0.200. The molecule has 0 unspecified atom stereocenters. The second-order valence-corrected chi connectivity index (χ2v) is 3.57. The van der Waals surface area contributed by atoms with E-state index in [4.69, 9.17) is 12.2 Å². The Bertz CT molecular complexity index is 380. The fourth-order valence-corrected chi connectivity index (χ4v) is 1.67. The molecule has 1 aliphatic rings. The molecule has 0 aliphatic carbocycles. The molecule has 0 saturated carbocycles. The predicted octanol–water partition coefficient (Wildman–Crippen LogP) is 1.41. The SMILES string of the molecule is O=C1NCCN1C(=S)Nc1ccccc1. The molecule has 1 fully saturated rings. The van der Waals surface area contributed by atoms with Crippen molar-refractivity contribution >= 4 is 29.0 Å². The number of benzene rings is 1. The lowest BCUT2D eigenvalue weighted by atomic mass is 10.3. The number of thiocarbonyl (C=S) groups is 1. The van der Waals surface area contributed by atoms with Gasteiger partial charge in [0.25, 0.3) is 0 Å². The van der Waals surface area contributed by atoms with E-state index in [1.165, 1.54) is 4.90 Å². The number of hydrogen-bond acceptors (Lipinski definition) is 2. The molecule has 1 heterocycles. The summed E-state index contributed by atoms with van der Waals surface area (Å²) in [5.74, 6) is 0. The maximum atomic E-state index is 11.3. The molecule has 2 rings (SSSR count). The van der Waals surface area contributed by atoms with Gasteiger partial charge in [-0.2, -0.15) is 0 Å². The first kappa shape index (κ1) is 9.92. The van der Waals surface area contributed by atoms with Gasteiger partial charge in [-0.1, -0.05) is 18.2 Å². The summed E-state index contributed by atoms with van der Waals surface area (Å²) in [6.45, 7) is 1.27. The second-order valence-electron chi connectivity index (χ2n) is 3.18. The number of para-hydroxylation sites is 1. The number of carbonyl (C=O) groups is 1. The van der Waals surface area contributed by atoms with E-state index < -0.39 is 0 Å². The Balaban J connectivity index is 2.01. The maximum absolute atomic E-state index is 11.3. The number of anilines is 1. The van der Waals surface area contributed by atoms with Crippen molar-refractivity contribution in [3.63, 3.8) is 0 Å². The number of rotatable bonds is 1. The molecule has 1 aromatic carbocycles. The van der Waals surface area contributed by atoms with Crippen LogP contribution in [0.25, 0.3) is 0 Å². The van der Waals surface area contributed by atoms with Gasteiger partial charge < -0.3 is 10.6 Å². The van der Waals surface area contributed by atoms with Gasteiger partial charge in [0.15, 0.2) is 5.11 Å². The van der Waals surface area contributed by atoms with Crippen LogP contribution >= 0.6 is 12.2 Å². The van der Waals surface area contributed by atoms with Gasteiger partial charge in [-0.25, -0.2) is 4.79 Å². The Hall–Kier alpha value is -1.62. The zero-order valence-corrected chi connectivity index (χ0v) is 8.88. The Morgan fingerprint density at radius 1 is 1.40 bits per heavy atom. The molecular formula is C10H11N3OS. The summed E-state index contributed by atoms with van der Waals surface area (Å²) >= 11 is 5.13. The van der Waals surface area contributed by atoms with Crippen LogP contribution in [0.4, 0.5) is 10.5 Å². The van der Waals surface area contributed by atoms with Crippen LogP contribution in [0, 0.1) is 0 Å². The standard InChI is InChI=1S/C10H11N3OS/c14-9-11-6-7-13(9)10(15)12-8-4-2-1-3-5-8/h1-5H,6-7H2,(H,11,14)(H,12,15). The van der Waals surface area contributed by atoms with E-state index >= 15 is 0 Å². The molecule has 4 nitrogen and oxygen atoms in total. The highest BCUT2D eigenvalue weighted by Crippen LogP contribution is 2.08. The Morgan fingerprint density at radius 3 is 2.73 bits per heavy atom. The normalized spacial score (nSPS) is 14.9. The molecule has 15 heavy (non-hydrogen) atoms. The predicted molar refractivity (Wildman–Crippen MR) is 62.8 cm³/mol. The van der Waals surface area contributed by atoms with Gasteiger partial charge in [-0.3, -0.25) is 4.90 Å². The average Bonchev–Trinajstić information content (AvgIpc) is 2.66. The Kier molecular flexibility index (Phi) is 2.82. The number of nitrogens with one attached hydrogen (secondary N) is 2. The van der Waals surface area contributed by atoms with Crippen molar-refractivity contribution in [2.45, 2.75) is 0 Å². The number of amides is 2. The highest BCUT2D eigenvalue weighted by molar-refractivity contribution is 7.80. The molecule has 0 atom stereocenters. The minimum atomic E-state index is -0.136. The summed E-state index contributed by atoms with van der Waals surface area (Å²) in [6, 6.07) is 9.42. The highest BCUT2D eigenvalue weighted by Gasteiger charge is 2.23. The molecule has 0 bridgehead atoms. The van der Waals surface area contributed by atoms with Crippen molar-refractivity contribution in [2.24, 2.45) is 0 Å². The van der Waals surface area contributed by atoms with Gasteiger partial charge >= 0.3 is 6.03 Å². The lowest BCUT2D eigenvalue weighted by molar-refractivity contribution is 0.234. The molecule has 78 valence electrons. The van der Waals surface area contributed by atoms with E-state index in [0.29, 0.717) is 18.2 Å². The van der Waals surface area contributed by atoms with E-state index in [-0.39, 0.29) is 6.03 Å². The van der Waals surface area contributed by atoms with Crippen LogP contribution < -0.4 is 10.6 Å². The summed E-state index contributed by atoms with van der Waals surface area (Å²) in [7, 11) is 0. The number of nitrogens with zero attached hydrogens (tertiary/aromatic N) is 1. The lowest BCUT2D eigenvalue weighted by Gasteiger charge is -2.16. The third-order valence-electron chi connectivity index (χ3n) is 2.13. The van der Waals surface area contributed by atoms with Crippen LogP contribution in [0.1, 0.15) is 0 Å². The molecule has 0 spiro atoms. The third kappa shape index (κ3) is 2.24. The zero-order valence-electron chi connectivity index (χ0n) is 8.06. The van der Waals surface area contributed by atoms with Crippen molar-refractivity contribution in [1.82, 2.24) is 10.2 Å². The van der Waals surface area contributed by atoms with Crippen molar-refractivity contribution in [3.05, 3.63) is 30.3 Å². The molecule has 2 amide bonds. The summed E-state index contributed by atoms with van der Waals surface area (Å²) in [5, 5.41) is 6.15. The van der Waals surface area contributed by atoms with Gasteiger partial charge in [0.05, 0.1) is 0 Å². The summed E-state index contributed by atoms with van der Waals surface area (Å²) in [6.07, 6.45) is 0. The van der Waals surface area contributed by atoms with E-state index in [2.05, 4.69) is 10.6 Å². The first-order valence-electron chi connectivity index (χ1n) is 4.69. The van der Waals surface area contributed by atoms with E-state index in [1.807, 2.05) is 30.3 Å². The minimum absolute atomic E-state index is 0.136. The Morgan fingerprint density at radius 2 is 2.13 bits per heavy atom. The quantitative estimate of drug-likeness (QED) is 0.705. The molecular weight excluding hydrogens is 210 g/mol. The number of urea groups is 1. The number of hydrogen-bond donors (Lipinski definition) is 2. The average molecular weight is 221 g/mol. The van der Waals surface area contributed by atoms with Crippen LogP contribution in [-0.2, 0) is 0 Å². The summed E-state index contributed by atoms with van der Waals surface area (Å²) in [4.78, 5) is 12.8. The van der Waals surface area contributed by atoms with Gasteiger partial charge in [0.1, 0.15) is 0 Å². The molecule has 2 N–H and O–H groups in total. The van der Waals surface area contributed by atoms with Crippen LogP contribution in [0.15, 0.2) is 30.3 Å². The third-order valence-corrected chi connectivity index (χ3v) is 2.45. The Labute approximate surface area is 93.3 Å². The van der Waals surface area contributed by atoms with E-state index in [1.54, 1.807) is 0 Å². The molecule has 0 aromatic heterocycles. The van der Waals surface area contributed by atoms with Crippen LogP contribution in [-0.4, -0.2) is 29.1 Å². The minimum Gasteiger partial charge on any atom is -0.336 e. The molecule has 1 aromatic rings. The number of carbonyl (C=O) groups excluding carboxylic acids is 1. The summed E-state index contributed by atoms with van der Waals surface area (Å²) in [5.41, 5.74) is 0.891.